The highest BCUT2D eigenvalue weighted by Crippen LogP contribution is 2.26. The van der Waals surface area contributed by atoms with Crippen molar-refractivity contribution in [3.05, 3.63) is 34.3 Å². The van der Waals surface area contributed by atoms with Crippen molar-refractivity contribution in [1.82, 2.24) is 0 Å². The molecule has 1 aromatic rings. The van der Waals surface area contributed by atoms with E-state index in [0.717, 1.165) is 11.1 Å². The van der Waals surface area contributed by atoms with Gasteiger partial charge in [0.25, 0.3) is 0 Å². The summed E-state index contributed by atoms with van der Waals surface area (Å²) >= 11 is 6.24. The summed E-state index contributed by atoms with van der Waals surface area (Å²) in [5, 5.41) is 0.634. The third-order valence-corrected chi connectivity index (χ3v) is 3.19. The summed E-state index contributed by atoms with van der Waals surface area (Å²) in [4.78, 5) is 11.3. The third kappa shape index (κ3) is 5.49. The van der Waals surface area contributed by atoms with E-state index in [0.29, 0.717) is 24.5 Å². The Morgan fingerprint density at radius 2 is 2.15 bits per heavy atom. The average molecular weight is 301 g/mol. The van der Waals surface area contributed by atoms with E-state index in [1.807, 2.05) is 25.1 Å². The monoisotopic (exact) mass is 300 g/mol. The number of esters is 1. The molecule has 0 aliphatic carbocycles. The Kier molecular flexibility index (Phi) is 7.59. The number of carbonyl (C=O) groups is 1. The Bertz CT molecular complexity index is 434. The number of halogens is 1. The number of methoxy groups -OCH3 is 1. The van der Waals surface area contributed by atoms with Crippen LogP contribution in [0.3, 0.4) is 0 Å². The minimum Gasteiger partial charge on any atom is -0.466 e. The summed E-state index contributed by atoms with van der Waals surface area (Å²) in [6, 6.07) is 5.74. The third-order valence-electron chi connectivity index (χ3n) is 2.86. The van der Waals surface area contributed by atoms with Crippen molar-refractivity contribution in [3.8, 4) is 0 Å². The van der Waals surface area contributed by atoms with Crippen LogP contribution in [0.5, 0.6) is 0 Å². The zero-order valence-corrected chi connectivity index (χ0v) is 12.9. The normalized spacial score (nSPS) is 12.2. The van der Waals surface area contributed by atoms with Gasteiger partial charge in [0.2, 0.25) is 0 Å². The first kappa shape index (κ1) is 17.0. The Hall–Kier alpha value is -1.10. The summed E-state index contributed by atoms with van der Waals surface area (Å²) in [6.45, 7) is 4.35. The van der Waals surface area contributed by atoms with Crippen molar-refractivity contribution in [3.63, 3.8) is 0 Å². The first-order chi connectivity index (χ1) is 9.58. The minimum atomic E-state index is -0.190. The van der Waals surface area contributed by atoms with Crippen molar-refractivity contribution in [1.29, 1.82) is 0 Å². The number of carbonyl (C=O) groups excluding carboxylic acids is 1. The van der Waals surface area contributed by atoms with Crippen LogP contribution in [0.4, 0.5) is 0 Å². The molecule has 0 amide bonds. The summed E-state index contributed by atoms with van der Waals surface area (Å²) in [6.07, 6.45) is 0.840. The summed E-state index contributed by atoms with van der Waals surface area (Å²) in [5.41, 5.74) is 1.91. The minimum absolute atomic E-state index is 0.137. The van der Waals surface area contributed by atoms with Gasteiger partial charge in [0.1, 0.15) is 6.79 Å². The molecule has 0 aliphatic heterocycles. The standard InChI is InChI=1S/C15H21ClO4/c1-4-19-15(17)8-6-12-5-7-13(14(16)9-12)11(2)20-10-18-3/h5,7,9,11H,4,6,8,10H2,1-3H3/t11-/m0/s1. The fraction of sp³-hybridized carbons (Fsp3) is 0.533. The fourth-order valence-electron chi connectivity index (χ4n) is 1.80. The molecule has 20 heavy (non-hydrogen) atoms. The number of rotatable bonds is 8. The number of benzene rings is 1. The largest absolute Gasteiger partial charge is 0.466 e. The lowest BCUT2D eigenvalue weighted by Crippen LogP contribution is -2.06. The Labute approximate surface area is 125 Å². The molecule has 1 aromatic carbocycles. The van der Waals surface area contributed by atoms with Crippen LogP contribution < -0.4 is 0 Å². The van der Waals surface area contributed by atoms with Gasteiger partial charge in [-0.05, 0) is 37.5 Å². The lowest BCUT2D eigenvalue weighted by molar-refractivity contribution is -0.143. The summed E-state index contributed by atoms with van der Waals surface area (Å²) in [7, 11) is 1.58. The topological polar surface area (TPSA) is 44.8 Å². The molecular weight excluding hydrogens is 280 g/mol. The van der Waals surface area contributed by atoms with E-state index in [2.05, 4.69) is 0 Å². The zero-order chi connectivity index (χ0) is 15.0. The molecule has 5 heteroatoms. The van der Waals surface area contributed by atoms with Crippen LogP contribution in [0.2, 0.25) is 5.02 Å². The van der Waals surface area contributed by atoms with Crippen LogP contribution in [-0.4, -0.2) is 26.5 Å². The molecule has 112 valence electrons. The number of aryl methyl sites for hydroxylation is 1. The molecule has 0 bridgehead atoms. The predicted octanol–water partition coefficient (Wildman–Crippen LogP) is 3.52. The van der Waals surface area contributed by atoms with E-state index in [4.69, 9.17) is 25.8 Å². The van der Waals surface area contributed by atoms with Crippen LogP contribution in [0, 0.1) is 0 Å². The van der Waals surface area contributed by atoms with Gasteiger partial charge in [-0.1, -0.05) is 23.7 Å². The van der Waals surface area contributed by atoms with Gasteiger partial charge in [0.15, 0.2) is 0 Å². The highest BCUT2D eigenvalue weighted by molar-refractivity contribution is 6.31. The second kappa shape index (κ2) is 8.95. The first-order valence-electron chi connectivity index (χ1n) is 6.63. The molecule has 0 heterocycles. The van der Waals surface area contributed by atoms with Gasteiger partial charge in [-0.3, -0.25) is 4.79 Å². The lowest BCUT2D eigenvalue weighted by atomic mass is 10.0. The molecule has 0 radical (unpaired) electrons. The summed E-state index contributed by atoms with van der Waals surface area (Å²) in [5.74, 6) is -0.190. The van der Waals surface area contributed by atoms with Crippen molar-refractivity contribution in [2.75, 3.05) is 20.5 Å². The fourth-order valence-corrected chi connectivity index (χ4v) is 2.15. The van der Waals surface area contributed by atoms with Gasteiger partial charge in [0, 0.05) is 18.6 Å². The van der Waals surface area contributed by atoms with Gasteiger partial charge in [-0.15, -0.1) is 0 Å². The quantitative estimate of drug-likeness (QED) is 0.544. The molecule has 0 unspecified atom stereocenters. The molecule has 1 rings (SSSR count). The maximum absolute atomic E-state index is 11.3. The second-order valence-electron chi connectivity index (χ2n) is 4.38. The van der Waals surface area contributed by atoms with Gasteiger partial charge in [-0.25, -0.2) is 0 Å². The maximum Gasteiger partial charge on any atom is 0.306 e. The van der Waals surface area contributed by atoms with E-state index < -0.39 is 0 Å². The number of ether oxygens (including phenoxy) is 3. The van der Waals surface area contributed by atoms with Crippen molar-refractivity contribution < 1.29 is 19.0 Å². The average Bonchev–Trinajstić information content (AvgIpc) is 2.43. The van der Waals surface area contributed by atoms with E-state index in [9.17, 15) is 4.79 Å². The van der Waals surface area contributed by atoms with Gasteiger partial charge < -0.3 is 14.2 Å². The van der Waals surface area contributed by atoms with Crippen LogP contribution >= 0.6 is 11.6 Å². The van der Waals surface area contributed by atoms with Crippen molar-refractivity contribution in [2.24, 2.45) is 0 Å². The zero-order valence-electron chi connectivity index (χ0n) is 12.1. The smallest absolute Gasteiger partial charge is 0.306 e. The van der Waals surface area contributed by atoms with Crippen LogP contribution in [0.15, 0.2) is 18.2 Å². The van der Waals surface area contributed by atoms with Gasteiger partial charge in [-0.2, -0.15) is 0 Å². The molecule has 0 N–H and O–H groups in total. The van der Waals surface area contributed by atoms with E-state index in [1.54, 1.807) is 14.0 Å². The molecule has 0 saturated heterocycles. The molecule has 0 saturated carbocycles. The SMILES string of the molecule is CCOC(=O)CCc1ccc([C@H](C)OCOC)c(Cl)c1. The molecule has 1 atom stereocenters. The molecule has 4 nitrogen and oxygen atoms in total. The molecule has 0 spiro atoms. The Morgan fingerprint density at radius 1 is 1.40 bits per heavy atom. The van der Waals surface area contributed by atoms with E-state index in [-0.39, 0.29) is 18.9 Å². The van der Waals surface area contributed by atoms with E-state index in [1.165, 1.54) is 0 Å². The molecule has 0 fully saturated rings. The predicted molar refractivity (Wildman–Crippen MR) is 77.8 cm³/mol. The first-order valence-corrected chi connectivity index (χ1v) is 7.00. The van der Waals surface area contributed by atoms with Gasteiger partial charge >= 0.3 is 5.97 Å². The summed E-state index contributed by atoms with van der Waals surface area (Å²) < 4.78 is 15.2. The highest BCUT2D eigenvalue weighted by Gasteiger charge is 2.11. The maximum atomic E-state index is 11.3. The van der Waals surface area contributed by atoms with Crippen molar-refractivity contribution in [2.45, 2.75) is 32.8 Å². The van der Waals surface area contributed by atoms with Crippen molar-refractivity contribution >= 4 is 17.6 Å². The Morgan fingerprint density at radius 3 is 2.75 bits per heavy atom. The van der Waals surface area contributed by atoms with Gasteiger partial charge in [0.05, 0.1) is 12.7 Å². The molecule has 0 aromatic heterocycles. The van der Waals surface area contributed by atoms with Crippen LogP contribution in [0.1, 0.15) is 37.5 Å². The molecule has 0 aliphatic rings. The Balaban J connectivity index is 2.61. The highest BCUT2D eigenvalue weighted by atomic mass is 35.5. The second-order valence-corrected chi connectivity index (χ2v) is 4.78. The number of hydrogen-bond donors (Lipinski definition) is 0. The van der Waals surface area contributed by atoms with Crippen LogP contribution in [-0.2, 0) is 25.4 Å². The molecular formula is C15H21ClO4. The number of hydrogen-bond acceptors (Lipinski definition) is 4. The lowest BCUT2D eigenvalue weighted by Gasteiger charge is -2.15. The van der Waals surface area contributed by atoms with E-state index >= 15 is 0 Å². The van der Waals surface area contributed by atoms with Crippen LogP contribution in [0.25, 0.3) is 0 Å².